The fraction of sp³-hybridized carbons (Fsp3) is 0.654. The Morgan fingerprint density at radius 3 is 2.24 bits per heavy atom. The maximum Gasteiger partial charge on any atom is 0.410 e. The minimum absolute atomic E-state index is 0.119. The first-order valence-electron chi connectivity index (χ1n) is 13.1. The normalized spacial score (nSPS) is 22.7. The van der Waals surface area contributed by atoms with E-state index in [1.165, 1.54) is 4.90 Å². The lowest BCUT2D eigenvalue weighted by Crippen LogP contribution is -2.54. The van der Waals surface area contributed by atoms with E-state index in [1.54, 1.807) is 25.7 Å². The van der Waals surface area contributed by atoms with Gasteiger partial charge in [-0.2, -0.15) is 0 Å². The molecule has 1 atom stereocenters. The lowest BCUT2D eigenvalue weighted by Gasteiger charge is -2.42. The third kappa shape index (κ3) is 6.89. The van der Waals surface area contributed by atoms with Crippen molar-refractivity contribution >= 4 is 29.3 Å². The van der Waals surface area contributed by atoms with Gasteiger partial charge in [0.25, 0.3) is 0 Å². The van der Waals surface area contributed by atoms with Crippen LogP contribution in [0.5, 0.6) is 0 Å². The fourth-order valence-electron chi connectivity index (χ4n) is 5.09. The fourth-order valence-corrected chi connectivity index (χ4v) is 5.09. The number of rotatable bonds is 5. The molecular weight excluding hydrogens is 503 g/mol. The SMILES string of the molecule is CC(C)(C)OC(=O)N1CCC(F)(CN2CCN(c3c(F)cc(NC4CCC(=O)NC4=O)cc3F)CC2)CC1. The lowest BCUT2D eigenvalue weighted by atomic mass is 9.92. The molecule has 0 bridgehead atoms. The molecule has 38 heavy (non-hydrogen) atoms. The van der Waals surface area contributed by atoms with E-state index in [-0.39, 0.29) is 62.6 Å². The molecule has 210 valence electrons. The van der Waals surface area contributed by atoms with Crippen LogP contribution in [0.3, 0.4) is 0 Å². The number of alkyl halides is 1. The van der Waals surface area contributed by atoms with Crippen LogP contribution >= 0.6 is 0 Å². The molecule has 12 heteroatoms. The monoisotopic (exact) mass is 539 g/mol. The van der Waals surface area contributed by atoms with Gasteiger partial charge in [0, 0.05) is 70.8 Å². The van der Waals surface area contributed by atoms with Gasteiger partial charge in [-0.1, -0.05) is 0 Å². The van der Waals surface area contributed by atoms with Gasteiger partial charge in [0.1, 0.15) is 23.0 Å². The summed E-state index contributed by atoms with van der Waals surface area (Å²) >= 11 is 0. The number of carbonyl (C=O) groups is 3. The Labute approximate surface area is 220 Å². The highest BCUT2D eigenvalue weighted by Crippen LogP contribution is 2.31. The van der Waals surface area contributed by atoms with E-state index in [1.807, 2.05) is 4.90 Å². The molecule has 1 aromatic rings. The molecule has 3 amide bonds. The van der Waals surface area contributed by atoms with E-state index in [0.717, 1.165) is 12.1 Å². The molecule has 3 heterocycles. The number of nitrogens with one attached hydrogen (secondary N) is 2. The molecule has 0 spiro atoms. The van der Waals surface area contributed by atoms with E-state index in [0.29, 0.717) is 26.2 Å². The summed E-state index contributed by atoms with van der Waals surface area (Å²) in [6, 6.07) is 1.54. The third-order valence-electron chi connectivity index (χ3n) is 7.10. The number of piperidine rings is 2. The zero-order chi connectivity index (χ0) is 27.7. The molecule has 0 aliphatic carbocycles. The largest absolute Gasteiger partial charge is 0.444 e. The number of hydrogen-bond donors (Lipinski definition) is 2. The predicted octanol–water partition coefficient (Wildman–Crippen LogP) is 3.04. The number of nitrogens with zero attached hydrogens (tertiary/aromatic N) is 3. The van der Waals surface area contributed by atoms with Gasteiger partial charge in [0.05, 0.1) is 0 Å². The molecule has 1 aromatic carbocycles. The number of piperazine rings is 1. The smallest absolute Gasteiger partial charge is 0.410 e. The quantitative estimate of drug-likeness (QED) is 0.556. The van der Waals surface area contributed by atoms with Crippen molar-refractivity contribution in [1.29, 1.82) is 0 Å². The van der Waals surface area contributed by atoms with E-state index in [2.05, 4.69) is 10.6 Å². The van der Waals surface area contributed by atoms with Gasteiger partial charge in [-0.05, 0) is 39.3 Å². The van der Waals surface area contributed by atoms with Crippen LogP contribution in [0, 0.1) is 11.6 Å². The third-order valence-corrected chi connectivity index (χ3v) is 7.10. The van der Waals surface area contributed by atoms with Crippen LogP contribution in [0.2, 0.25) is 0 Å². The Bertz CT molecular complexity index is 1040. The molecule has 4 rings (SSSR count). The Morgan fingerprint density at radius 1 is 1.08 bits per heavy atom. The highest BCUT2D eigenvalue weighted by Gasteiger charge is 2.39. The average Bonchev–Trinajstić information content (AvgIpc) is 2.81. The predicted molar refractivity (Wildman–Crippen MR) is 136 cm³/mol. The number of hydrogen-bond acceptors (Lipinski definition) is 7. The van der Waals surface area contributed by atoms with Gasteiger partial charge in [0.2, 0.25) is 11.8 Å². The zero-order valence-corrected chi connectivity index (χ0v) is 22.1. The first kappa shape index (κ1) is 28.0. The van der Waals surface area contributed by atoms with Crippen LogP contribution < -0.4 is 15.5 Å². The topological polar surface area (TPSA) is 94.2 Å². The number of likely N-dealkylation sites (tertiary alicyclic amines) is 1. The molecule has 1 unspecified atom stereocenters. The van der Waals surface area contributed by atoms with E-state index in [4.69, 9.17) is 4.74 Å². The second-order valence-corrected chi connectivity index (χ2v) is 11.3. The van der Waals surface area contributed by atoms with Crippen LogP contribution in [0.4, 0.5) is 29.3 Å². The summed E-state index contributed by atoms with van der Waals surface area (Å²) in [5, 5.41) is 5.00. The number of imide groups is 1. The minimum atomic E-state index is -1.44. The van der Waals surface area contributed by atoms with Crippen LogP contribution in [0.15, 0.2) is 12.1 Å². The van der Waals surface area contributed by atoms with Crippen molar-refractivity contribution in [2.75, 3.05) is 56.0 Å². The Hall–Kier alpha value is -3.02. The lowest BCUT2D eigenvalue weighted by molar-refractivity contribution is -0.133. The molecule has 3 fully saturated rings. The first-order valence-corrected chi connectivity index (χ1v) is 13.1. The molecule has 3 aliphatic rings. The highest BCUT2D eigenvalue weighted by molar-refractivity contribution is 6.01. The summed E-state index contributed by atoms with van der Waals surface area (Å²) in [6.07, 6.45) is 0.371. The van der Waals surface area contributed by atoms with Gasteiger partial charge < -0.3 is 19.9 Å². The number of benzene rings is 1. The summed E-state index contributed by atoms with van der Waals surface area (Å²) in [6.45, 7) is 7.66. The molecule has 0 aromatic heterocycles. The number of halogens is 3. The van der Waals surface area contributed by atoms with Crippen molar-refractivity contribution < 1.29 is 32.3 Å². The minimum Gasteiger partial charge on any atom is -0.444 e. The van der Waals surface area contributed by atoms with Crippen molar-refractivity contribution in [3.63, 3.8) is 0 Å². The second kappa shape index (κ2) is 11.0. The van der Waals surface area contributed by atoms with Gasteiger partial charge in [0.15, 0.2) is 11.6 Å². The van der Waals surface area contributed by atoms with E-state index in [9.17, 15) is 23.2 Å². The van der Waals surface area contributed by atoms with E-state index < -0.39 is 40.9 Å². The highest BCUT2D eigenvalue weighted by atomic mass is 19.1. The average molecular weight is 540 g/mol. The summed E-state index contributed by atoms with van der Waals surface area (Å²) in [5.74, 6) is -2.41. The number of anilines is 2. The Morgan fingerprint density at radius 2 is 1.68 bits per heavy atom. The van der Waals surface area contributed by atoms with Gasteiger partial charge in [-0.3, -0.25) is 19.8 Å². The van der Waals surface area contributed by atoms with Crippen LogP contribution in [-0.2, 0) is 14.3 Å². The summed E-state index contributed by atoms with van der Waals surface area (Å²) in [5.41, 5.74) is -2.08. The molecule has 0 saturated carbocycles. The van der Waals surface area contributed by atoms with Gasteiger partial charge in [-0.15, -0.1) is 0 Å². The number of ether oxygens (including phenoxy) is 1. The van der Waals surface area contributed by atoms with Gasteiger partial charge in [-0.25, -0.2) is 18.0 Å². The summed E-state index contributed by atoms with van der Waals surface area (Å²) in [7, 11) is 0. The van der Waals surface area contributed by atoms with Gasteiger partial charge >= 0.3 is 6.09 Å². The van der Waals surface area contributed by atoms with E-state index >= 15 is 4.39 Å². The maximum atomic E-state index is 15.6. The molecule has 0 radical (unpaired) electrons. The number of amides is 3. The van der Waals surface area contributed by atoms with Crippen LogP contribution in [0.1, 0.15) is 46.5 Å². The molecular formula is C26H36F3N5O4. The number of carbonyl (C=O) groups excluding carboxylic acids is 3. The van der Waals surface area contributed by atoms with Crippen molar-refractivity contribution in [2.45, 2.75) is 63.8 Å². The molecule has 9 nitrogen and oxygen atoms in total. The Balaban J connectivity index is 1.28. The van der Waals surface area contributed by atoms with Crippen molar-refractivity contribution in [2.24, 2.45) is 0 Å². The molecule has 2 N–H and O–H groups in total. The molecule has 3 saturated heterocycles. The summed E-state index contributed by atoms with van der Waals surface area (Å²) in [4.78, 5) is 40.6. The molecule has 3 aliphatic heterocycles. The maximum absolute atomic E-state index is 15.6. The van der Waals surface area contributed by atoms with Crippen LogP contribution in [0.25, 0.3) is 0 Å². The van der Waals surface area contributed by atoms with Crippen LogP contribution in [-0.4, -0.2) is 90.8 Å². The first-order chi connectivity index (χ1) is 17.8. The Kier molecular flexibility index (Phi) is 8.10. The van der Waals surface area contributed by atoms with Crippen molar-refractivity contribution in [3.05, 3.63) is 23.8 Å². The summed E-state index contributed by atoms with van der Waals surface area (Å²) < 4.78 is 50.8. The van der Waals surface area contributed by atoms with Crippen molar-refractivity contribution in [1.82, 2.24) is 15.1 Å². The standard InChI is InChI=1S/C26H36F3N5O4/c1-25(2,3)38-24(37)34-8-6-26(29,7-9-34)16-32-10-12-33(13-11-32)22-18(27)14-17(15-19(22)28)30-20-4-5-21(35)31-23(20)36/h14-15,20,30H,4-13,16H2,1-3H3,(H,31,35,36). The zero-order valence-electron chi connectivity index (χ0n) is 22.1. The second-order valence-electron chi connectivity index (χ2n) is 11.3. The van der Waals surface area contributed by atoms with Crippen molar-refractivity contribution in [3.8, 4) is 0 Å².